The molecule has 0 fully saturated rings. The molecule has 0 saturated heterocycles. The molecule has 0 aliphatic rings. The Labute approximate surface area is 285 Å². The molecule has 0 heterocycles. The third-order valence-electron chi connectivity index (χ3n) is 6.98. The number of hydrogen-bond acceptors (Lipinski definition) is 5. The van der Waals surface area contributed by atoms with E-state index in [0.717, 1.165) is 16.7 Å². The van der Waals surface area contributed by atoms with Gasteiger partial charge in [-0.2, -0.15) is 8.42 Å². The van der Waals surface area contributed by atoms with E-state index in [4.69, 9.17) is 32.5 Å². The van der Waals surface area contributed by atoms with Crippen molar-refractivity contribution in [3.63, 3.8) is 0 Å². The van der Waals surface area contributed by atoms with Gasteiger partial charge in [0.1, 0.15) is 11.5 Å². The van der Waals surface area contributed by atoms with Crippen LogP contribution in [0.1, 0.15) is 53.7 Å². The largest absolute Gasteiger partial charge is 0.456 e. The van der Waals surface area contributed by atoms with E-state index in [1.165, 1.54) is 0 Å². The number of ether oxygens (including phenoxy) is 1. The van der Waals surface area contributed by atoms with Gasteiger partial charge in [-0.15, -0.1) is 0 Å². The number of hydrogen-bond donors (Lipinski definition) is 3. The van der Waals surface area contributed by atoms with Crippen molar-refractivity contribution >= 4 is 56.9 Å². The van der Waals surface area contributed by atoms with Gasteiger partial charge in [-0.05, 0) is 83.1 Å². The fraction of sp³-hybridized carbons (Fsp3) is 0.222. The molecule has 4 rings (SSSR count). The molecule has 0 saturated carbocycles. The van der Waals surface area contributed by atoms with E-state index in [1.54, 1.807) is 66.7 Å². The van der Waals surface area contributed by atoms with Crippen LogP contribution in [0.2, 0.25) is 10.0 Å². The van der Waals surface area contributed by atoms with Gasteiger partial charge in [0.25, 0.3) is 16.0 Å². The third-order valence-corrected chi connectivity index (χ3v) is 8.23. The number of rotatable bonds is 12. The summed E-state index contributed by atoms with van der Waals surface area (Å²) < 4.78 is 36.6. The van der Waals surface area contributed by atoms with Crippen LogP contribution in [-0.4, -0.2) is 37.1 Å². The van der Waals surface area contributed by atoms with E-state index in [-0.39, 0.29) is 17.9 Å². The monoisotopic (exact) mass is 694 g/mol. The summed E-state index contributed by atoms with van der Waals surface area (Å²) in [4.78, 5) is 26.2. The quantitative estimate of drug-likeness (QED) is 0.128. The molecular formula is C36H36Cl2N2O6S. The maximum Gasteiger partial charge on any atom is 0.266 e. The van der Waals surface area contributed by atoms with Gasteiger partial charge in [-0.3, -0.25) is 14.1 Å². The fourth-order valence-electron chi connectivity index (χ4n) is 4.49. The number of amides is 2. The number of nitrogens with one attached hydrogen (secondary N) is 2. The summed E-state index contributed by atoms with van der Waals surface area (Å²) in [6, 6.07) is 26.5. The van der Waals surface area contributed by atoms with Crippen LogP contribution in [0.5, 0.6) is 11.5 Å². The smallest absolute Gasteiger partial charge is 0.266 e. The molecule has 2 amide bonds. The summed E-state index contributed by atoms with van der Waals surface area (Å²) in [6.07, 6.45) is 4.53. The SMILES string of the molecule is CC(C)(C)/C=C/c1ccc(C(Cc2ccc(C(=O)NCCS(=O)(=O)O)cc2)C(=O)Nc2ccc(Oc3ccc(Cl)cc3Cl)cc2)cc1. The average molecular weight is 696 g/mol. The van der Waals surface area contributed by atoms with Crippen molar-refractivity contribution in [3.8, 4) is 11.5 Å². The van der Waals surface area contributed by atoms with Crippen LogP contribution < -0.4 is 15.4 Å². The van der Waals surface area contributed by atoms with Crippen molar-refractivity contribution in [2.75, 3.05) is 17.6 Å². The van der Waals surface area contributed by atoms with Gasteiger partial charge in [0.2, 0.25) is 5.91 Å². The molecule has 0 radical (unpaired) electrons. The van der Waals surface area contributed by atoms with E-state index >= 15 is 0 Å². The highest BCUT2D eigenvalue weighted by Gasteiger charge is 2.22. The summed E-state index contributed by atoms with van der Waals surface area (Å²) in [5, 5.41) is 6.35. The molecule has 0 bridgehead atoms. The normalized spacial score (nSPS) is 12.5. The lowest BCUT2D eigenvalue weighted by Crippen LogP contribution is -2.28. The van der Waals surface area contributed by atoms with Crippen molar-refractivity contribution < 1.29 is 27.3 Å². The van der Waals surface area contributed by atoms with Crippen molar-refractivity contribution in [2.24, 2.45) is 5.41 Å². The maximum atomic E-state index is 13.8. The number of carbonyl (C=O) groups excluding carboxylic acids is 2. The van der Waals surface area contributed by atoms with Crippen molar-refractivity contribution in [1.82, 2.24) is 5.32 Å². The second-order valence-corrected chi connectivity index (χ2v) is 14.5. The molecule has 47 heavy (non-hydrogen) atoms. The Morgan fingerprint density at radius 3 is 2.17 bits per heavy atom. The highest BCUT2D eigenvalue weighted by molar-refractivity contribution is 7.85. The van der Waals surface area contributed by atoms with Crippen LogP contribution in [0.3, 0.4) is 0 Å². The van der Waals surface area contributed by atoms with Gasteiger partial charge in [-0.25, -0.2) is 0 Å². The Balaban J connectivity index is 1.51. The Kier molecular flexibility index (Phi) is 11.9. The Bertz CT molecular complexity index is 1830. The lowest BCUT2D eigenvalue weighted by molar-refractivity contribution is -0.117. The first kappa shape index (κ1) is 35.7. The first-order valence-electron chi connectivity index (χ1n) is 14.8. The second kappa shape index (κ2) is 15.6. The Morgan fingerprint density at radius 1 is 0.915 bits per heavy atom. The van der Waals surface area contributed by atoms with E-state index in [1.807, 2.05) is 24.3 Å². The molecule has 246 valence electrons. The number of carbonyl (C=O) groups is 2. The molecule has 0 aromatic heterocycles. The molecule has 8 nitrogen and oxygen atoms in total. The minimum Gasteiger partial charge on any atom is -0.456 e. The third kappa shape index (κ3) is 11.6. The summed E-state index contributed by atoms with van der Waals surface area (Å²) in [5.41, 5.74) is 3.59. The van der Waals surface area contributed by atoms with Crippen molar-refractivity contribution in [2.45, 2.75) is 33.1 Å². The van der Waals surface area contributed by atoms with Gasteiger partial charge in [0, 0.05) is 22.8 Å². The predicted molar refractivity (Wildman–Crippen MR) is 188 cm³/mol. The van der Waals surface area contributed by atoms with E-state index in [2.05, 4.69) is 43.6 Å². The fourth-order valence-corrected chi connectivity index (χ4v) is 5.30. The molecule has 3 N–H and O–H groups in total. The zero-order valence-corrected chi connectivity index (χ0v) is 28.5. The summed E-state index contributed by atoms with van der Waals surface area (Å²) in [5.74, 6) is -0.845. The van der Waals surface area contributed by atoms with Gasteiger partial charge in [-0.1, -0.05) is 92.5 Å². The maximum absolute atomic E-state index is 13.8. The summed E-state index contributed by atoms with van der Waals surface area (Å²) >= 11 is 12.2. The van der Waals surface area contributed by atoms with Crippen LogP contribution in [0.25, 0.3) is 6.08 Å². The summed E-state index contributed by atoms with van der Waals surface area (Å²) in [6.45, 7) is 6.15. The van der Waals surface area contributed by atoms with Crippen LogP contribution in [0, 0.1) is 5.41 Å². The molecule has 11 heteroatoms. The number of anilines is 1. The molecule has 4 aromatic rings. The molecule has 1 unspecified atom stereocenters. The lowest BCUT2D eigenvalue weighted by atomic mass is 9.89. The minimum absolute atomic E-state index is 0.0301. The van der Waals surface area contributed by atoms with E-state index in [0.29, 0.717) is 39.2 Å². The standard InChI is InChI=1S/C36H36Cl2N2O6S/c1-36(2,3)19-18-24-4-8-26(9-5-24)31(22-25-6-10-27(11-7-25)34(41)39-20-21-47(43,44)45)35(42)40-29-13-15-30(16-14-29)46-33-17-12-28(37)23-32(33)38/h4-19,23,31H,20-22H2,1-3H3,(H,39,41)(H,40,42)(H,43,44,45)/b19-18+. The van der Waals surface area contributed by atoms with Crippen LogP contribution in [-0.2, 0) is 21.3 Å². The topological polar surface area (TPSA) is 122 Å². The van der Waals surface area contributed by atoms with Gasteiger partial charge in [0.05, 0.1) is 16.7 Å². The molecule has 0 spiro atoms. The zero-order chi connectivity index (χ0) is 34.2. The second-order valence-electron chi connectivity index (χ2n) is 12.1. The van der Waals surface area contributed by atoms with Crippen molar-refractivity contribution in [1.29, 1.82) is 0 Å². The highest BCUT2D eigenvalue weighted by atomic mass is 35.5. The molecule has 1 atom stereocenters. The number of allylic oxidation sites excluding steroid dienone is 1. The number of halogens is 2. The number of benzene rings is 4. The van der Waals surface area contributed by atoms with Crippen LogP contribution in [0.4, 0.5) is 5.69 Å². The highest BCUT2D eigenvalue weighted by Crippen LogP contribution is 2.32. The van der Waals surface area contributed by atoms with Crippen LogP contribution >= 0.6 is 23.2 Å². The van der Waals surface area contributed by atoms with E-state index < -0.39 is 27.7 Å². The zero-order valence-electron chi connectivity index (χ0n) is 26.2. The lowest BCUT2D eigenvalue weighted by Gasteiger charge is -2.19. The first-order chi connectivity index (χ1) is 22.1. The van der Waals surface area contributed by atoms with E-state index in [9.17, 15) is 18.0 Å². The van der Waals surface area contributed by atoms with Crippen molar-refractivity contribution in [3.05, 3.63) is 129 Å². The first-order valence-corrected chi connectivity index (χ1v) is 17.2. The Hall–Kier alpha value is -4.15. The summed E-state index contributed by atoms with van der Waals surface area (Å²) in [7, 11) is -4.18. The van der Waals surface area contributed by atoms with Gasteiger partial charge >= 0.3 is 0 Å². The van der Waals surface area contributed by atoms with Crippen LogP contribution in [0.15, 0.2) is 97.1 Å². The molecule has 0 aliphatic heterocycles. The minimum atomic E-state index is -4.18. The predicted octanol–water partition coefficient (Wildman–Crippen LogP) is 8.43. The Morgan fingerprint density at radius 2 is 1.57 bits per heavy atom. The average Bonchev–Trinajstić information content (AvgIpc) is 3.00. The molecular weight excluding hydrogens is 659 g/mol. The van der Waals surface area contributed by atoms with Gasteiger partial charge in [0.15, 0.2) is 0 Å². The molecule has 0 aliphatic carbocycles. The molecule has 4 aromatic carbocycles. The van der Waals surface area contributed by atoms with Gasteiger partial charge < -0.3 is 15.4 Å².